The van der Waals surface area contributed by atoms with Crippen LogP contribution in [0.15, 0.2) is 48.5 Å². The molecule has 3 rings (SSSR count). The molecule has 0 spiro atoms. The SMILES string of the molecule is COc1ccc([C@H](CNC(=O)COc2ccccc2[N+](=O)[O-])N2CCCC2)cc1. The van der Waals surface area contributed by atoms with Gasteiger partial charge < -0.3 is 14.8 Å². The van der Waals surface area contributed by atoms with Crippen molar-refractivity contribution in [3.63, 3.8) is 0 Å². The summed E-state index contributed by atoms with van der Waals surface area (Å²) in [6, 6.07) is 13.9. The summed E-state index contributed by atoms with van der Waals surface area (Å²) in [5.74, 6) is 0.551. The molecule has 154 valence electrons. The van der Waals surface area contributed by atoms with Crippen LogP contribution in [0.2, 0.25) is 0 Å². The summed E-state index contributed by atoms with van der Waals surface area (Å²) in [5, 5.41) is 13.9. The lowest BCUT2D eigenvalue weighted by atomic mass is 10.1. The number of carbonyl (C=O) groups excluding carboxylic acids is 1. The number of hydrogen-bond acceptors (Lipinski definition) is 6. The van der Waals surface area contributed by atoms with Crippen molar-refractivity contribution >= 4 is 11.6 Å². The highest BCUT2D eigenvalue weighted by molar-refractivity contribution is 5.77. The summed E-state index contributed by atoms with van der Waals surface area (Å²) in [6.45, 7) is 2.13. The zero-order valence-electron chi connectivity index (χ0n) is 16.4. The second kappa shape index (κ2) is 9.88. The highest BCUT2D eigenvalue weighted by Crippen LogP contribution is 2.27. The van der Waals surface area contributed by atoms with E-state index in [0.717, 1.165) is 37.2 Å². The van der Waals surface area contributed by atoms with Crippen LogP contribution in [0, 0.1) is 10.1 Å². The van der Waals surface area contributed by atoms with Gasteiger partial charge >= 0.3 is 5.69 Å². The third kappa shape index (κ3) is 5.45. The Balaban J connectivity index is 1.60. The molecule has 2 aromatic rings. The lowest BCUT2D eigenvalue weighted by Gasteiger charge is -2.28. The molecule has 0 radical (unpaired) electrons. The molecule has 0 saturated carbocycles. The van der Waals surface area contributed by atoms with Crippen LogP contribution < -0.4 is 14.8 Å². The predicted molar refractivity (Wildman–Crippen MR) is 108 cm³/mol. The number of hydrogen-bond donors (Lipinski definition) is 1. The number of nitro groups is 1. The third-order valence-electron chi connectivity index (χ3n) is 5.00. The Morgan fingerprint density at radius 1 is 1.17 bits per heavy atom. The molecule has 1 heterocycles. The number of rotatable bonds is 9. The van der Waals surface area contributed by atoms with Gasteiger partial charge in [-0.3, -0.25) is 19.8 Å². The summed E-state index contributed by atoms with van der Waals surface area (Å²) >= 11 is 0. The first-order chi connectivity index (χ1) is 14.1. The molecule has 2 aromatic carbocycles. The molecule has 1 N–H and O–H groups in total. The number of likely N-dealkylation sites (tertiary alicyclic amines) is 1. The van der Waals surface area contributed by atoms with Gasteiger partial charge in [-0.15, -0.1) is 0 Å². The van der Waals surface area contributed by atoms with E-state index in [1.54, 1.807) is 19.2 Å². The number of nitrogens with zero attached hydrogens (tertiary/aromatic N) is 2. The average molecular weight is 399 g/mol. The van der Waals surface area contributed by atoms with Gasteiger partial charge in [-0.1, -0.05) is 24.3 Å². The van der Waals surface area contributed by atoms with Gasteiger partial charge in [0.15, 0.2) is 12.4 Å². The summed E-state index contributed by atoms with van der Waals surface area (Å²) < 4.78 is 10.6. The molecule has 29 heavy (non-hydrogen) atoms. The van der Waals surface area contributed by atoms with Crippen molar-refractivity contribution in [1.82, 2.24) is 10.2 Å². The van der Waals surface area contributed by atoms with Gasteiger partial charge in [-0.2, -0.15) is 0 Å². The molecule has 1 amide bonds. The van der Waals surface area contributed by atoms with E-state index in [1.807, 2.05) is 24.3 Å². The molecular weight excluding hydrogens is 374 g/mol. The van der Waals surface area contributed by atoms with Crippen molar-refractivity contribution in [3.8, 4) is 11.5 Å². The normalized spacial score (nSPS) is 14.9. The first-order valence-corrected chi connectivity index (χ1v) is 9.59. The van der Waals surface area contributed by atoms with Crippen LogP contribution in [0.5, 0.6) is 11.5 Å². The predicted octanol–water partition coefficient (Wildman–Crippen LogP) is 2.94. The molecule has 0 aliphatic carbocycles. The summed E-state index contributed by atoms with van der Waals surface area (Å²) in [6.07, 6.45) is 2.28. The van der Waals surface area contributed by atoms with E-state index in [9.17, 15) is 14.9 Å². The topological polar surface area (TPSA) is 93.9 Å². The van der Waals surface area contributed by atoms with E-state index in [-0.39, 0.29) is 30.0 Å². The van der Waals surface area contributed by atoms with Crippen LogP contribution in [0.1, 0.15) is 24.4 Å². The van der Waals surface area contributed by atoms with Crippen molar-refractivity contribution in [2.24, 2.45) is 0 Å². The van der Waals surface area contributed by atoms with E-state index in [1.165, 1.54) is 12.1 Å². The van der Waals surface area contributed by atoms with Gasteiger partial charge in [0.05, 0.1) is 18.1 Å². The van der Waals surface area contributed by atoms with Gasteiger partial charge in [0, 0.05) is 12.6 Å². The van der Waals surface area contributed by atoms with Gasteiger partial charge in [-0.05, 0) is 49.7 Å². The van der Waals surface area contributed by atoms with Crippen molar-refractivity contribution in [2.75, 3.05) is 33.4 Å². The minimum Gasteiger partial charge on any atom is -0.497 e. The van der Waals surface area contributed by atoms with Crippen LogP contribution in [0.4, 0.5) is 5.69 Å². The maximum Gasteiger partial charge on any atom is 0.310 e. The fourth-order valence-electron chi connectivity index (χ4n) is 3.47. The molecule has 1 aliphatic heterocycles. The standard InChI is InChI=1S/C21H25N3O5/c1-28-17-10-8-16(9-11-17)19(23-12-4-5-13-23)14-22-21(25)15-29-20-7-3-2-6-18(20)24(26)27/h2-3,6-11,19H,4-5,12-15H2,1H3,(H,22,25)/t19-/m0/s1. The van der Waals surface area contributed by atoms with E-state index in [4.69, 9.17) is 9.47 Å². The molecule has 0 bridgehead atoms. The third-order valence-corrected chi connectivity index (χ3v) is 5.00. The van der Waals surface area contributed by atoms with Gasteiger partial charge in [0.1, 0.15) is 5.75 Å². The number of para-hydroxylation sites is 2. The quantitative estimate of drug-likeness (QED) is 0.515. The monoisotopic (exact) mass is 399 g/mol. The first kappa shape index (κ1) is 20.6. The molecule has 8 nitrogen and oxygen atoms in total. The largest absolute Gasteiger partial charge is 0.497 e. The minimum absolute atomic E-state index is 0.0541. The zero-order valence-corrected chi connectivity index (χ0v) is 16.4. The number of ether oxygens (including phenoxy) is 2. The molecule has 0 unspecified atom stereocenters. The van der Waals surface area contributed by atoms with Gasteiger partial charge in [0.2, 0.25) is 0 Å². The second-order valence-corrected chi connectivity index (χ2v) is 6.85. The summed E-state index contributed by atoms with van der Waals surface area (Å²) in [4.78, 5) is 25.2. The Morgan fingerprint density at radius 3 is 2.52 bits per heavy atom. The van der Waals surface area contributed by atoms with E-state index in [2.05, 4.69) is 10.2 Å². The number of benzene rings is 2. The Labute approximate surface area is 169 Å². The Bertz CT molecular complexity index is 834. The Hall–Kier alpha value is -3.13. The molecule has 1 saturated heterocycles. The number of nitrogens with one attached hydrogen (secondary N) is 1. The van der Waals surface area contributed by atoms with E-state index in [0.29, 0.717) is 6.54 Å². The lowest BCUT2D eigenvalue weighted by molar-refractivity contribution is -0.385. The number of amides is 1. The molecular formula is C21H25N3O5. The molecule has 1 atom stereocenters. The smallest absolute Gasteiger partial charge is 0.310 e. The van der Waals surface area contributed by atoms with Crippen LogP contribution in [-0.2, 0) is 4.79 Å². The summed E-state index contributed by atoms with van der Waals surface area (Å²) in [7, 11) is 1.63. The van der Waals surface area contributed by atoms with Crippen molar-refractivity contribution in [3.05, 3.63) is 64.2 Å². The van der Waals surface area contributed by atoms with E-state index < -0.39 is 4.92 Å². The number of nitro benzene ring substituents is 1. The Kier molecular flexibility index (Phi) is 7.02. The number of methoxy groups -OCH3 is 1. The number of carbonyl (C=O) groups is 1. The molecule has 0 aromatic heterocycles. The maximum absolute atomic E-state index is 12.3. The van der Waals surface area contributed by atoms with Crippen molar-refractivity contribution < 1.29 is 19.2 Å². The Morgan fingerprint density at radius 2 is 1.86 bits per heavy atom. The van der Waals surface area contributed by atoms with Crippen LogP contribution in [0.25, 0.3) is 0 Å². The van der Waals surface area contributed by atoms with Crippen molar-refractivity contribution in [2.45, 2.75) is 18.9 Å². The first-order valence-electron chi connectivity index (χ1n) is 9.59. The fourth-order valence-corrected chi connectivity index (χ4v) is 3.47. The zero-order chi connectivity index (χ0) is 20.6. The van der Waals surface area contributed by atoms with Crippen LogP contribution in [0.3, 0.4) is 0 Å². The van der Waals surface area contributed by atoms with Gasteiger partial charge in [0.25, 0.3) is 5.91 Å². The average Bonchev–Trinajstić information content (AvgIpc) is 3.27. The second-order valence-electron chi connectivity index (χ2n) is 6.85. The molecule has 1 aliphatic rings. The minimum atomic E-state index is -0.527. The van der Waals surface area contributed by atoms with Crippen LogP contribution >= 0.6 is 0 Å². The lowest BCUT2D eigenvalue weighted by Crippen LogP contribution is -2.38. The highest BCUT2D eigenvalue weighted by atomic mass is 16.6. The highest BCUT2D eigenvalue weighted by Gasteiger charge is 2.24. The van der Waals surface area contributed by atoms with Crippen LogP contribution in [-0.4, -0.2) is 49.1 Å². The molecule has 8 heteroatoms. The van der Waals surface area contributed by atoms with E-state index >= 15 is 0 Å². The fraction of sp³-hybridized carbons (Fsp3) is 0.381. The van der Waals surface area contributed by atoms with Gasteiger partial charge in [-0.25, -0.2) is 0 Å². The van der Waals surface area contributed by atoms with Crippen molar-refractivity contribution in [1.29, 1.82) is 0 Å². The maximum atomic E-state index is 12.3. The summed E-state index contributed by atoms with van der Waals surface area (Å²) in [5.41, 5.74) is 0.945. The molecule has 1 fully saturated rings.